The van der Waals surface area contributed by atoms with Crippen molar-refractivity contribution in [2.24, 2.45) is 0 Å². The van der Waals surface area contributed by atoms with Crippen LogP contribution >= 0.6 is 0 Å². The van der Waals surface area contributed by atoms with E-state index in [9.17, 15) is 14.7 Å². The first-order valence-electron chi connectivity index (χ1n) is 11.9. The molecule has 3 heterocycles. The molecular weight excluding hydrogens is 432 g/mol. The van der Waals surface area contributed by atoms with E-state index in [1.807, 2.05) is 35.2 Å². The summed E-state index contributed by atoms with van der Waals surface area (Å²) in [6.45, 7) is 3.89. The molecule has 2 aliphatic rings. The van der Waals surface area contributed by atoms with E-state index in [1.54, 1.807) is 17.6 Å². The standard InChI is InChI=1S/C26H30N4O4/c31-17-20-4-3-12-28(20)14-15-29-13-11-23-24(26(29)33)21-5-1-2-6-22(21)30(23)16-18-7-9-19(10-8-18)25(32)27-34/h1-2,5-10,20,31,34H,3-4,11-17H2,(H,27,32)/t20-/m0/s1. The maximum absolute atomic E-state index is 13.6. The maximum atomic E-state index is 13.6. The van der Waals surface area contributed by atoms with Crippen molar-refractivity contribution in [1.29, 1.82) is 0 Å². The highest BCUT2D eigenvalue weighted by Gasteiger charge is 2.32. The number of rotatable bonds is 7. The molecule has 0 saturated carbocycles. The van der Waals surface area contributed by atoms with Crippen LogP contribution in [0.25, 0.3) is 10.9 Å². The van der Waals surface area contributed by atoms with Crippen LogP contribution in [0.2, 0.25) is 0 Å². The second kappa shape index (κ2) is 9.58. The van der Waals surface area contributed by atoms with E-state index < -0.39 is 5.91 Å². The lowest BCUT2D eigenvalue weighted by atomic mass is 10.0. The highest BCUT2D eigenvalue weighted by atomic mass is 16.5. The SMILES string of the molecule is O=C(NO)c1ccc(Cn2c3c(c4ccccc42)C(=O)N(CCN2CCC[C@H]2CO)CC3)cc1. The summed E-state index contributed by atoms with van der Waals surface area (Å²) in [5, 5.41) is 19.4. The van der Waals surface area contributed by atoms with E-state index in [-0.39, 0.29) is 18.6 Å². The lowest BCUT2D eigenvalue weighted by Crippen LogP contribution is -2.44. The number of hydrogen-bond donors (Lipinski definition) is 3. The fourth-order valence-electron chi connectivity index (χ4n) is 5.40. The van der Waals surface area contributed by atoms with E-state index in [1.165, 1.54) is 0 Å². The molecule has 1 atom stereocenters. The van der Waals surface area contributed by atoms with Crippen molar-refractivity contribution < 1.29 is 19.9 Å². The van der Waals surface area contributed by atoms with Crippen LogP contribution in [0.15, 0.2) is 48.5 Å². The highest BCUT2D eigenvalue weighted by Crippen LogP contribution is 2.32. The Morgan fingerprint density at radius 1 is 1.06 bits per heavy atom. The second-order valence-corrected chi connectivity index (χ2v) is 9.12. The Kier molecular flexibility index (Phi) is 6.36. The molecule has 5 rings (SSSR count). The van der Waals surface area contributed by atoms with Crippen molar-refractivity contribution in [2.45, 2.75) is 31.8 Å². The average Bonchev–Trinajstić information content (AvgIpc) is 3.46. The summed E-state index contributed by atoms with van der Waals surface area (Å²) < 4.78 is 2.21. The Balaban J connectivity index is 1.40. The van der Waals surface area contributed by atoms with Crippen molar-refractivity contribution in [3.8, 4) is 0 Å². The lowest BCUT2D eigenvalue weighted by molar-refractivity contribution is 0.0698. The Labute approximate surface area is 198 Å². The number of amides is 2. The molecule has 0 radical (unpaired) electrons. The number of aromatic nitrogens is 1. The largest absolute Gasteiger partial charge is 0.395 e. The third kappa shape index (κ3) is 4.09. The van der Waals surface area contributed by atoms with Gasteiger partial charge in [-0.05, 0) is 43.1 Å². The quantitative estimate of drug-likeness (QED) is 0.370. The van der Waals surface area contributed by atoms with Crippen LogP contribution in [0.4, 0.5) is 0 Å². The van der Waals surface area contributed by atoms with Crippen LogP contribution in [0.3, 0.4) is 0 Å². The van der Waals surface area contributed by atoms with Gasteiger partial charge in [-0.25, -0.2) is 5.48 Å². The van der Waals surface area contributed by atoms with Gasteiger partial charge < -0.3 is 14.6 Å². The topological polar surface area (TPSA) is 98.0 Å². The molecule has 0 bridgehead atoms. The van der Waals surface area contributed by atoms with Gasteiger partial charge in [0.1, 0.15) is 0 Å². The highest BCUT2D eigenvalue weighted by molar-refractivity contribution is 6.09. The van der Waals surface area contributed by atoms with E-state index in [0.29, 0.717) is 25.2 Å². The zero-order chi connectivity index (χ0) is 23.7. The van der Waals surface area contributed by atoms with E-state index in [0.717, 1.165) is 60.1 Å². The summed E-state index contributed by atoms with van der Waals surface area (Å²) in [5.74, 6) is -0.466. The Morgan fingerprint density at radius 3 is 2.62 bits per heavy atom. The molecule has 0 aliphatic carbocycles. The lowest BCUT2D eigenvalue weighted by Gasteiger charge is -2.31. The number of benzene rings is 2. The zero-order valence-electron chi connectivity index (χ0n) is 19.1. The van der Waals surface area contributed by atoms with Crippen molar-refractivity contribution in [3.05, 3.63) is 70.9 Å². The first-order valence-corrected chi connectivity index (χ1v) is 11.9. The van der Waals surface area contributed by atoms with Crippen molar-refractivity contribution in [2.75, 3.05) is 32.8 Å². The Bertz CT molecular complexity index is 1200. The number of hydrogen-bond acceptors (Lipinski definition) is 5. The monoisotopic (exact) mass is 462 g/mol. The Hall–Kier alpha value is -3.20. The first kappa shape index (κ1) is 22.6. The zero-order valence-corrected chi connectivity index (χ0v) is 19.1. The number of carbonyl (C=O) groups excluding carboxylic acids is 2. The van der Waals surface area contributed by atoms with Gasteiger partial charge in [0.05, 0.1) is 12.2 Å². The molecule has 3 aromatic rings. The molecule has 1 aromatic heterocycles. The summed E-state index contributed by atoms with van der Waals surface area (Å²) in [4.78, 5) is 29.5. The summed E-state index contributed by atoms with van der Waals surface area (Å²) in [5.41, 5.74) is 5.92. The normalized spacial score (nSPS) is 18.5. The molecule has 8 heteroatoms. The molecule has 1 fully saturated rings. The van der Waals surface area contributed by atoms with Crippen molar-refractivity contribution in [3.63, 3.8) is 0 Å². The van der Waals surface area contributed by atoms with Crippen LogP contribution in [0.1, 0.15) is 44.8 Å². The summed E-state index contributed by atoms with van der Waals surface area (Å²) in [6.07, 6.45) is 2.90. The van der Waals surface area contributed by atoms with E-state index in [4.69, 9.17) is 5.21 Å². The molecule has 2 aliphatic heterocycles. The molecule has 0 unspecified atom stereocenters. The first-order chi connectivity index (χ1) is 16.6. The van der Waals surface area contributed by atoms with Gasteiger partial charge >= 0.3 is 0 Å². The van der Waals surface area contributed by atoms with E-state index >= 15 is 0 Å². The van der Waals surface area contributed by atoms with Crippen LogP contribution in [-0.4, -0.2) is 75.3 Å². The van der Waals surface area contributed by atoms with Crippen LogP contribution in [0.5, 0.6) is 0 Å². The predicted molar refractivity (Wildman–Crippen MR) is 128 cm³/mol. The summed E-state index contributed by atoms with van der Waals surface area (Å²) in [7, 11) is 0. The number of fused-ring (bicyclic) bond motifs is 3. The number of aliphatic hydroxyl groups is 1. The number of carbonyl (C=O) groups is 2. The fourth-order valence-corrected chi connectivity index (χ4v) is 5.40. The van der Waals surface area contributed by atoms with Gasteiger partial charge in [0.2, 0.25) is 0 Å². The van der Waals surface area contributed by atoms with Crippen LogP contribution in [-0.2, 0) is 13.0 Å². The maximum Gasteiger partial charge on any atom is 0.274 e. The molecule has 178 valence electrons. The van der Waals surface area contributed by atoms with Gasteiger partial charge in [0.25, 0.3) is 11.8 Å². The Morgan fingerprint density at radius 2 is 1.85 bits per heavy atom. The molecule has 0 spiro atoms. The minimum Gasteiger partial charge on any atom is -0.395 e. The van der Waals surface area contributed by atoms with Gasteiger partial charge in [0.15, 0.2) is 0 Å². The summed E-state index contributed by atoms with van der Waals surface area (Å²) in [6, 6.07) is 15.4. The fraction of sp³-hybridized carbons (Fsp3) is 0.385. The minimum atomic E-state index is -0.541. The van der Waals surface area contributed by atoms with Gasteiger partial charge in [-0.3, -0.25) is 19.7 Å². The predicted octanol–water partition coefficient (Wildman–Crippen LogP) is 2.26. The average molecular weight is 463 g/mol. The molecule has 2 amide bonds. The molecule has 2 aromatic carbocycles. The molecule has 8 nitrogen and oxygen atoms in total. The number of nitrogens with zero attached hydrogens (tertiary/aromatic N) is 3. The summed E-state index contributed by atoms with van der Waals surface area (Å²) >= 11 is 0. The van der Waals surface area contributed by atoms with E-state index in [2.05, 4.69) is 15.5 Å². The third-order valence-corrected chi connectivity index (χ3v) is 7.22. The van der Waals surface area contributed by atoms with Gasteiger partial charge in [-0.2, -0.15) is 0 Å². The minimum absolute atomic E-state index is 0.0749. The number of aliphatic hydroxyl groups excluding tert-OH is 1. The number of nitrogens with one attached hydrogen (secondary N) is 1. The third-order valence-electron chi connectivity index (χ3n) is 7.22. The van der Waals surface area contributed by atoms with Gasteiger partial charge in [-0.15, -0.1) is 0 Å². The number of likely N-dealkylation sites (tertiary alicyclic amines) is 1. The number of para-hydroxylation sites is 1. The smallest absolute Gasteiger partial charge is 0.274 e. The number of hydroxylamine groups is 1. The molecule has 34 heavy (non-hydrogen) atoms. The van der Waals surface area contributed by atoms with Crippen LogP contribution < -0.4 is 5.48 Å². The molecular formula is C26H30N4O4. The van der Waals surface area contributed by atoms with Crippen LogP contribution in [0, 0.1) is 0 Å². The van der Waals surface area contributed by atoms with Crippen molar-refractivity contribution >= 4 is 22.7 Å². The van der Waals surface area contributed by atoms with Crippen molar-refractivity contribution in [1.82, 2.24) is 19.8 Å². The molecule has 1 saturated heterocycles. The van der Waals surface area contributed by atoms with Gasteiger partial charge in [-0.1, -0.05) is 30.3 Å². The molecule has 3 N–H and O–H groups in total. The second-order valence-electron chi connectivity index (χ2n) is 9.12. The van der Waals surface area contributed by atoms with Gasteiger partial charge in [0, 0.05) is 60.8 Å².